The molecule has 2 aromatic heterocycles. The van der Waals surface area contributed by atoms with E-state index >= 15 is 0 Å². The topological polar surface area (TPSA) is 98.5 Å². The Morgan fingerprint density at radius 2 is 1.79 bits per heavy atom. The average Bonchev–Trinajstić information content (AvgIpc) is 3.42. The van der Waals surface area contributed by atoms with Crippen molar-refractivity contribution in [1.29, 1.82) is 0 Å². The van der Waals surface area contributed by atoms with E-state index in [1.54, 1.807) is 25.2 Å². The van der Waals surface area contributed by atoms with Crippen molar-refractivity contribution in [2.45, 2.75) is 25.8 Å². The van der Waals surface area contributed by atoms with Gasteiger partial charge >= 0.3 is 0 Å². The predicted molar refractivity (Wildman–Crippen MR) is 121 cm³/mol. The van der Waals surface area contributed by atoms with Gasteiger partial charge in [-0.15, -0.1) is 10.2 Å². The Kier molecular flexibility index (Phi) is 5.80. The first-order valence-corrected chi connectivity index (χ1v) is 11.1. The molecule has 0 radical (unpaired) electrons. The molecule has 0 saturated carbocycles. The van der Waals surface area contributed by atoms with E-state index in [1.807, 2.05) is 29.2 Å². The number of benzene rings is 1. The lowest BCUT2D eigenvalue weighted by molar-refractivity contribution is -0.136. The van der Waals surface area contributed by atoms with Crippen LogP contribution in [0, 0.1) is 5.92 Å². The number of hydrogen-bond donors (Lipinski definition) is 0. The summed E-state index contributed by atoms with van der Waals surface area (Å²) in [7, 11) is 3.28. The van der Waals surface area contributed by atoms with Crippen molar-refractivity contribution in [3.8, 4) is 17.3 Å². The van der Waals surface area contributed by atoms with Gasteiger partial charge in [0, 0.05) is 26.2 Å². The van der Waals surface area contributed by atoms with E-state index < -0.39 is 0 Å². The van der Waals surface area contributed by atoms with Gasteiger partial charge < -0.3 is 19.3 Å². The third-order valence-electron chi connectivity index (χ3n) is 6.41. The van der Waals surface area contributed by atoms with Crippen molar-refractivity contribution >= 4 is 11.7 Å². The van der Waals surface area contributed by atoms with Crippen LogP contribution in [0.25, 0.3) is 5.82 Å². The van der Waals surface area contributed by atoms with Crippen LogP contribution in [0.1, 0.15) is 24.0 Å². The number of fused-ring (bicyclic) bond motifs is 1. The standard InChI is InChI=1S/C23H27N7O3/c1-32-19-10-16-7-9-29(13-18(16)11-20(19)33-2)23(31)17-4-3-8-28(12-17)21-5-6-22(27-26-21)30-15-24-14-25-30/h5-6,10-11,14-15,17H,3-4,7-9,12-13H2,1-2H3/t17-/m1/s1. The van der Waals surface area contributed by atoms with Gasteiger partial charge in [-0.2, -0.15) is 5.10 Å². The van der Waals surface area contributed by atoms with Crippen molar-refractivity contribution in [3.05, 3.63) is 48.0 Å². The van der Waals surface area contributed by atoms with Crippen LogP contribution in [0.3, 0.4) is 0 Å². The molecule has 0 unspecified atom stereocenters. The molecule has 1 fully saturated rings. The maximum Gasteiger partial charge on any atom is 0.227 e. The lowest BCUT2D eigenvalue weighted by atomic mass is 9.93. The van der Waals surface area contributed by atoms with Crippen molar-refractivity contribution in [3.63, 3.8) is 0 Å². The van der Waals surface area contributed by atoms with Gasteiger partial charge in [-0.25, -0.2) is 9.67 Å². The first kappa shape index (κ1) is 21.2. The van der Waals surface area contributed by atoms with Crippen LogP contribution < -0.4 is 14.4 Å². The number of hydrogen-bond acceptors (Lipinski definition) is 8. The van der Waals surface area contributed by atoms with Gasteiger partial charge in [-0.05, 0) is 54.7 Å². The smallest absolute Gasteiger partial charge is 0.227 e. The molecule has 2 aliphatic heterocycles. The molecule has 1 aromatic carbocycles. The monoisotopic (exact) mass is 449 g/mol. The van der Waals surface area contributed by atoms with Crippen LogP contribution in [0.15, 0.2) is 36.9 Å². The molecular formula is C23H27N7O3. The van der Waals surface area contributed by atoms with Crippen molar-refractivity contribution < 1.29 is 14.3 Å². The highest BCUT2D eigenvalue weighted by atomic mass is 16.5. The Labute approximate surface area is 192 Å². The highest BCUT2D eigenvalue weighted by Gasteiger charge is 2.32. The summed E-state index contributed by atoms with van der Waals surface area (Å²) in [5.74, 6) is 2.96. The van der Waals surface area contributed by atoms with E-state index in [9.17, 15) is 4.79 Å². The van der Waals surface area contributed by atoms with Crippen LogP contribution in [-0.2, 0) is 17.8 Å². The fourth-order valence-electron chi connectivity index (χ4n) is 4.65. The fourth-order valence-corrected chi connectivity index (χ4v) is 4.65. The van der Waals surface area contributed by atoms with Crippen LogP contribution >= 0.6 is 0 Å². The lowest BCUT2D eigenvalue weighted by Crippen LogP contribution is -2.46. The highest BCUT2D eigenvalue weighted by Crippen LogP contribution is 2.34. The second kappa shape index (κ2) is 9.05. The number of piperidine rings is 1. The third kappa shape index (κ3) is 4.20. The number of ether oxygens (including phenoxy) is 2. The third-order valence-corrected chi connectivity index (χ3v) is 6.41. The molecular weight excluding hydrogens is 422 g/mol. The van der Waals surface area contributed by atoms with Crippen LogP contribution in [0.5, 0.6) is 11.5 Å². The Morgan fingerprint density at radius 3 is 2.48 bits per heavy atom. The first-order valence-electron chi connectivity index (χ1n) is 11.1. The number of amides is 1. The number of aromatic nitrogens is 5. The molecule has 33 heavy (non-hydrogen) atoms. The molecule has 3 aromatic rings. The molecule has 1 saturated heterocycles. The lowest BCUT2D eigenvalue weighted by Gasteiger charge is -2.37. The van der Waals surface area contributed by atoms with Gasteiger partial charge in [-0.3, -0.25) is 4.79 Å². The van der Waals surface area contributed by atoms with Gasteiger partial charge in [0.1, 0.15) is 12.7 Å². The summed E-state index contributed by atoms with van der Waals surface area (Å²) in [5, 5.41) is 12.7. The van der Waals surface area contributed by atoms with Crippen LogP contribution in [0.4, 0.5) is 5.82 Å². The maximum absolute atomic E-state index is 13.4. The van der Waals surface area contributed by atoms with Gasteiger partial charge in [0.05, 0.1) is 20.1 Å². The molecule has 0 aliphatic carbocycles. The summed E-state index contributed by atoms with van der Waals surface area (Å²) in [6, 6.07) is 7.81. The van der Waals surface area contributed by atoms with Crippen LogP contribution in [0.2, 0.25) is 0 Å². The van der Waals surface area contributed by atoms with Crippen molar-refractivity contribution in [1.82, 2.24) is 29.9 Å². The number of nitrogens with zero attached hydrogens (tertiary/aromatic N) is 7. The Balaban J connectivity index is 1.27. The van der Waals surface area contributed by atoms with Crippen molar-refractivity contribution in [2.24, 2.45) is 5.92 Å². The largest absolute Gasteiger partial charge is 0.493 e. The zero-order chi connectivity index (χ0) is 22.8. The maximum atomic E-state index is 13.4. The zero-order valence-corrected chi connectivity index (χ0v) is 18.8. The van der Waals surface area contributed by atoms with E-state index in [-0.39, 0.29) is 11.8 Å². The van der Waals surface area contributed by atoms with Gasteiger partial charge in [0.2, 0.25) is 5.91 Å². The van der Waals surface area contributed by atoms with Gasteiger partial charge in [0.25, 0.3) is 0 Å². The molecule has 10 nitrogen and oxygen atoms in total. The molecule has 4 heterocycles. The first-order chi connectivity index (χ1) is 16.2. The van der Waals surface area contributed by atoms with E-state index in [0.717, 1.165) is 42.9 Å². The number of carbonyl (C=O) groups is 1. The molecule has 172 valence electrons. The summed E-state index contributed by atoms with van der Waals surface area (Å²) < 4.78 is 12.4. The minimum absolute atomic E-state index is 0.0581. The van der Waals surface area contributed by atoms with E-state index in [4.69, 9.17) is 9.47 Å². The quantitative estimate of drug-likeness (QED) is 0.582. The second-order valence-electron chi connectivity index (χ2n) is 8.36. The van der Waals surface area contributed by atoms with E-state index in [1.165, 1.54) is 11.9 Å². The molecule has 10 heteroatoms. The summed E-state index contributed by atoms with van der Waals surface area (Å²) >= 11 is 0. The predicted octanol–water partition coefficient (Wildman–Crippen LogP) is 1.88. The summed E-state index contributed by atoms with van der Waals surface area (Å²) in [6.07, 6.45) is 5.68. The second-order valence-corrected chi connectivity index (χ2v) is 8.36. The number of rotatable bonds is 5. The van der Waals surface area contributed by atoms with Gasteiger partial charge in [-0.1, -0.05) is 0 Å². The van der Waals surface area contributed by atoms with E-state index in [0.29, 0.717) is 31.2 Å². The fraction of sp³-hybridized carbons (Fsp3) is 0.435. The molecule has 0 N–H and O–H groups in total. The normalized spacial score (nSPS) is 18.1. The Bertz CT molecular complexity index is 1120. The highest BCUT2D eigenvalue weighted by molar-refractivity contribution is 5.80. The van der Waals surface area contributed by atoms with Gasteiger partial charge in [0.15, 0.2) is 23.1 Å². The molecule has 0 spiro atoms. The Hall–Kier alpha value is -3.69. The molecule has 1 amide bonds. The minimum atomic E-state index is -0.0581. The summed E-state index contributed by atoms with van der Waals surface area (Å²) in [5.41, 5.74) is 2.33. The molecule has 1 atom stereocenters. The zero-order valence-electron chi connectivity index (χ0n) is 18.8. The Morgan fingerprint density at radius 1 is 1.03 bits per heavy atom. The summed E-state index contributed by atoms with van der Waals surface area (Å²) in [6.45, 7) is 2.81. The average molecular weight is 450 g/mol. The number of anilines is 1. The molecule has 0 bridgehead atoms. The summed E-state index contributed by atoms with van der Waals surface area (Å²) in [4.78, 5) is 21.5. The number of methoxy groups -OCH3 is 2. The SMILES string of the molecule is COc1cc2c(cc1OC)CN(C(=O)[C@@H]1CCCN(c3ccc(-n4cncn4)nn3)C1)CC2. The number of carbonyl (C=O) groups excluding carboxylic acids is 1. The van der Waals surface area contributed by atoms with Crippen molar-refractivity contribution in [2.75, 3.05) is 38.8 Å². The van der Waals surface area contributed by atoms with Crippen LogP contribution in [-0.4, -0.2) is 69.6 Å². The van der Waals surface area contributed by atoms with E-state index in [2.05, 4.69) is 25.2 Å². The molecule has 5 rings (SSSR count). The minimum Gasteiger partial charge on any atom is -0.493 e. The molecule has 2 aliphatic rings.